The molecule has 1 aromatic carbocycles. The minimum absolute atomic E-state index is 0.140. The second-order valence-corrected chi connectivity index (χ2v) is 7.57. The molecule has 3 heterocycles. The molecule has 0 radical (unpaired) electrons. The number of non-ortho nitro benzene ring substituents is 1. The number of halogens is 1. The molecule has 0 unspecified atom stereocenters. The molecule has 10 heteroatoms. The van der Waals surface area contributed by atoms with Crippen molar-refractivity contribution >= 4 is 29.0 Å². The van der Waals surface area contributed by atoms with Crippen molar-refractivity contribution in [3.63, 3.8) is 0 Å². The van der Waals surface area contributed by atoms with Crippen molar-refractivity contribution in [2.75, 3.05) is 11.4 Å². The van der Waals surface area contributed by atoms with E-state index in [4.69, 9.17) is 4.74 Å². The molecule has 1 N–H and O–H groups in total. The van der Waals surface area contributed by atoms with E-state index < -0.39 is 58.0 Å². The lowest BCUT2D eigenvalue weighted by Crippen LogP contribution is -2.72. The number of Topliss-reactive ketones (excluding diaryl/α,β-unsaturated/α-hetero) is 1. The van der Waals surface area contributed by atoms with Crippen molar-refractivity contribution in [3.8, 4) is 0 Å². The van der Waals surface area contributed by atoms with Crippen LogP contribution in [0.5, 0.6) is 0 Å². The molecule has 0 aliphatic carbocycles. The number of amides is 2. The molecule has 2 fully saturated rings. The first-order valence-corrected chi connectivity index (χ1v) is 8.91. The Morgan fingerprint density at radius 3 is 2.68 bits per heavy atom. The van der Waals surface area contributed by atoms with Crippen LogP contribution in [0.3, 0.4) is 0 Å². The summed E-state index contributed by atoms with van der Waals surface area (Å²) in [5, 5.41) is 13.4. The molecule has 1 spiro atoms. The molecule has 1 aromatic rings. The van der Waals surface area contributed by atoms with Crippen LogP contribution in [0.2, 0.25) is 0 Å². The molecule has 0 saturated carbocycles. The number of imide groups is 1. The lowest BCUT2D eigenvalue weighted by molar-refractivity contribution is -0.385. The maximum atomic E-state index is 14.9. The minimum atomic E-state index is -1.68. The number of hydrogen-bond acceptors (Lipinski definition) is 7. The summed E-state index contributed by atoms with van der Waals surface area (Å²) < 4.78 is 20.7. The van der Waals surface area contributed by atoms with Crippen LogP contribution in [0.4, 0.5) is 15.8 Å². The molecule has 4 atom stereocenters. The fourth-order valence-electron chi connectivity index (χ4n) is 4.82. The summed E-state index contributed by atoms with van der Waals surface area (Å²) in [5.74, 6) is -2.84. The van der Waals surface area contributed by atoms with Gasteiger partial charge in [0.1, 0.15) is 5.41 Å². The van der Waals surface area contributed by atoms with Crippen LogP contribution >= 0.6 is 0 Å². The number of nitro groups is 1. The van der Waals surface area contributed by atoms with Crippen molar-refractivity contribution in [3.05, 3.63) is 33.6 Å². The van der Waals surface area contributed by atoms with Crippen LogP contribution in [0, 0.1) is 21.3 Å². The van der Waals surface area contributed by atoms with Gasteiger partial charge in [-0.2, -0.15) is 0 Å². The topological polar surface area (TPSA) is 119 Å². The number of morpholine rings is 1. The number of nitrogens with zero attached hydrogens (tertiary/aromatic N) is 2. The second-order valence-electron chi connectivity index (χ2n) is 7.57. The maximum Gasteiger partial charge on any atom is 0.272 e. The molecule has 9 nitrogen and oxygen atoms in total. The lowest BCUT2D eigenvalue weighted by Gasteiger charge is -2.55. The number of fused-ring (bicyclic) bond motifs is 4. The largest absolute Gasteiger partial charge is 0.372 e. The summed E-state index contributed by atoms with van der Waals surface area (Å²) in [6.45, 7) is 3.68. The Morgan fingerprint density at radius 1 is 1.32 bits per heavy atom. The maximum absolute atomic E-state index is 14.9. The van der Waals surface area contributed by atoms with E-state index in [0.29, 0.717) is 0 Å². The standard InChI is InChI=1S/C18H18FN3O6/c1-8-7-21-15-10(3-11(22(26)27)4-12(15)19)6-18(16(21)9(2)28-8)13(23)5-14(24)20-17(18)25/h3-4,8-9,16H,5-7H2,1-2H3,(H,20,24,25)/t8-,9+,16-,18-/m1/s1. The molecule has 0 bridgehead atoms. The molecular formula is C18H18FN3O6. The number of hydrogen-bond donors (Lipinski definition) is 1. The first-order valence-electron chi connectivity index (χ1n) is 8.91. The SMILES string of the molecule is C[C@@H]1CN2c3c(F)cc([N+](=O)[O-])cc3C[C@@]3(C(=O)CC(=O)NC3=O)[C@H]2[C@H](C)O1. The van der Waals surface area contributed by atoms with E-state index in [1.54, 1.807) is 18.7 Å². The van der Waals surface area contributed by atoms with Gasteiger partial charge in [-0.15, -0.1) is 0 Å². The van der Waals surface area contributed by atoms with E-state index in [-0.39, 0.29) is 30.3 Å². The van der Waals surface area contributed by atoms with Crippen molar-refractivity contribution < 1.29 is 28.4 Å². The third-order valence-corrected chi connectivity index (χ3v) is 5.76. The van der Waals surface area contributed by atoms with Gasteiger partial charge < -0.3 is 9.64 Å². The number of benzene rings is 1. The molecule has 28 heavy (non-hydrogen) atoms. The van der Waals surface area contributed by atoms with E-state index in [1.807, 2.05) is 0 Å². The van der Waals surface area contributed by atoms with Crippen molar-refractivity contribution in [1.82, 2.24) is 5.32 Å². The fraction of sp³-hybridized carbons (Fsp3) is 0.500. The van der Waals surface area contributed by atoms with Crippen LogP contribution in [0.1, 0.15) is 25.8 Å². The molecular weight excluding hydrogens is 373 g/mol. The molecule has 0 aromatic heterocycles. The minimum Gasteiger partial charge on any atom is -0.372 e. The molecule has 3 aliphatic rings. The zero-order valence-corrected chi connectivity index (χ0v) is 15.2. The Balaban J connectivity index is 1.96. The Kier molecular flexibility index (Phi) is 4.00. The van der Waals surface area contributed by atoms with E-state index in [2.05, 4.69) is 5.32 Å². The highest BCUT2D eigenvalue weighted by atomic mass is 19.1. The summed E-state index contributed by atoms with van der Waals surface area (Å²) in [4.78, 5) is 49.7. The summed E-state index contributed by atoms with van der Waals surface area (Å²) in [7, 11) is 0. The van der Waals surface area contributed by atoms with Crippen molar-refractivity contribution in [1.29, 1.82) is 0 Å². The normalized spacial score (nSPS) is 32.0. The summed E-state index contributed by atoms with van der Waals surface area (Å²) in [6, 6.07) is 1.20. The van der Waals surface area contributed by atoms with Crippen molar-refractivity contribution in [2.45, 2.75) is 44.9 Å². The zero-order valence-electron chi connectivity index (χ0n) is 15.2. The van der Waals surface area contributed by atoms with Gasteiger partial charge >= 0.3 is 0 Å². The predicted octanol–water partition coefficient (Wildman–Crippen LogP) is 0.874. The molecule has 3 aliphatic heterocycles. The van der Waals surface area contributed by atoms with E-state index >= 15 is 0 Å². The number of ketones is 1. The zero-order chi connectivity index (χ0) is 20.4. The highest BCUT2D eigenvalue weighted by molar-refractivity contribution is 6.22. The Labute approximate surface area is 159 Å². The van der Waals surface area contributed by atoms with Crippen molar-refractivity contribution in [2.24, 2.45) is 5.41 Å². The highest BCUT2D eigenvalue weighted by Crippen LogP contribution is 2.49. The van der Waals surface area contributed by atoms with Crippen LogP contribution in [-0.2, 0) is 25.5 Å². The average molecular weight is 391 g/mol. The number of ether oxygens (including phenoxy) is 1. The number of nitrogens with one attached hydrogen (secondary N) is 1. The van der Waals surface area contributed by atoms with E-state index in [0.717, 1.165) is 6.07 Å². The van der Waals surface area contributed by atoms with Crippen LogP contribution in [0.15, 0.2) is 12.1 Å². The van der Waals surface area contributed by atoms with Crippen LogP contribution < -0.4 is 10.2 Å². The van der Waals surface area contributed by atoms with Gasteiger partial charge in [-0.3, -0.25) is 29.8 Å². The number of carbonyl (C=O) groups is 3. The Hall–Kier alpha value is -2.88. The Morgan fingerprint density at radius 2 is 2.04 bits per heavy atom. The smallest absolute Gasteiger partial charge is 0.272 e. The van der Waals surface area contributed by atoms with Gasteiger partial charge in [-0.25, -0.2) is 4.39 Å². The Bertz CT molecular complexity index is 912. The number of rotatable bonds is 1. The first kappa shape index (κ1) is 18.5. The summed E-state index contributed by atoms with van der Waals surface area (Å²) in [6.07, 6.45) is -1.63. The summed E-state index contributed by atoms with van der Waals surface area (Å²) >= 11 is 0. The molecule has 2 saturated heterocycles. The van der Waals surface area contributed by atoms with Crippen LogP contribution in [-0.4, -0.2) is 47.3 Å². The fourth-order valence-corrected chi connectivity index (χ4v) is 4.82. The van der Waals surface area contributed by atoms with Gasteiger partial charge in [0.05, 0.1) is 41.3 Å². The summed E-state index contributed by atoms with van der Waals surface area (Å²) in [5.41, 5.74) is -1.80. The number of anilines is 1. The second kappa shape index (κ2) is 6.06. The average Bonchev–Trinajstić information content (AvgIpc) is 2.58. The van der Waals surface area contributed by atoms with Gasteiger partial charge in [0, 0.05) is 12.6 Å². The van der Waals surface area contributed by atoms with Crippen LogP contribution in [0.25, 0.3) is 0 Å². The quantitative estimate of drug-likeness (QED) is 0.327. The third-order valence-electron chi connectivity index (χ3n) is 5.76. The van der Waals surface area contributed by atoms with Gasteiger partial charge in [-0.05, 0) is 25.8 Å². The molecule has 148 valence electrons. The monoisotopic (exact) mass is 391 g/mol. The first-order chi connectivity index (χ1) is 13.1. The van der Waals surface area contributed by atoms with Gasteiger partial charge in [-0.1, -0.05) is 0 Å². The third kappa shape index (κ3) is 2.44. The van der Waals surface area contributed by atoms with E-state index in [1.165, 1.54) is 6.07 Å². The molecule has 2 amide bonds. The predicted molar refractivity (Wildman–Crippen MR) is 93.1 cm³/mol. The van der Waals surface area contributed by atoms with Gasteiger partial charge in [0.25, 0.3) is 5.69 Å². The molecule has 4 rings (SSSR count). The van der Waals surface area contributed by atoms with Gasteiger partial charge in [0.2, 0.25) is 11.8 Å². The highest BCUT2D eigenvalue weighted by Gasteiger charge is 2.62. The van der Waals surface area contributed by atoms with Gasteiger partial charge in [0.15, 0.2) is 11.6 Å². The number of piperidine rings is 1. The van der Waals surface area contributed by atoms with E-state index in [9.17, 15) is 28.9 Å². The number of carbonyl (C=O) groups excluding carboxylic acids is 3. The number of nitro benzene ring substituents is 1. The lowest BCUT2D eigenvalue weighted by atomic mass is 9.63.